The minimum Gasteiger partial charge on any atom is -0.293 e. The third kappa shape index (κ3) is 3.56. The van der Waals surface area contributed by atoms with Gasteiger partial charge in [-0.15, -0.1) is 23.1 Å². The van der Waals surface area contributed by atoms with E-state index in [1.807, 2.05) is 6.20 Å². The standard InChI is InChI=1S/C19H15ClN2OS3/c1-24-18-16-13(9-25-18)3-2-12-8-21-19(22-17(12)16)26-10-15(23)11-4-6-14(20)7-5-11/h4-9H,2-3,10H2,1H3. The number of halogens is 1. The van der Waals surface area contributed by atoms with E-state index in [1.165, 1.54) is 32.7 Å². The second-order valence-electron chi connectivity index (χ2n) is 5.87. The van der Waals surface area contributed by atoms with Gasteiger partial charge >= 0.3 is 0 Å². The van der Waals surface area contributed by atoms with Crippen LogP contribution < -0.4 is 0 Å². The minimum atomic E-state index is 0.0500. The van der Waals surface area contributed by atoms with Gasteiger partial charge in [-0.25, -0.2) is 9.97 Å². The topological polar surface area (TPSA) is 42.9 Å². The summed E-state index contributed by atoms with van der Waals surface area (Å²) in [7, 11) is 0. The van der Waals surface area contributed by atoms with Crippen LogP contribution in [-0.2, 0) is 12.8 Å². The zero-order valence-electron chi connectivity index (χ0n) is 14.0. The van der Waals surface area contributed by atoms with Gasteiger partial charge in [-0.1, -0.05) is 23.4 Å². The molecule has 0 N–H and O–H groups in total. The molecule has 2 heterocycles. The number of nitrogens with zero attached hydrogens (tertiary/aromatic N) is 2. The Balaban J connectivity index is 1.55. The van der Waals surface area contributed by atoms with Gasteiger partial charge in [0.05, 0.1) is 15.7 Å². The maximum Gasteiger partial charge on any atom is 0.188 e. The number of aromatic nitrogens is 2. The van der Waals surface area contributed by atoms with Crippen LogP contribution in [0.25, 0.3) is 11.3 Å². The largest absolute Gasteiger partial charge is 0.293 e. The Kier molecular flexibility index (Phi) is 5.36. The number of hydrogen-bond donors (Lipinski definition) is 0. The Morgan fingerprint density at radius 2 is 2.00 bits per heavy atom. The van der Waals surface area contributed by atoms with Crippen molar-refractivity contribution in [2.45, 2.75) is 22.2 Å². The molecular formula is C19H15ClN2OS3. The second kappa shape index (κ2) is 7.72. The Labute approximate surface area is 169 Å². The first-order valence-electron chi connectivity index (χ1n) is 8.08. The predicted octanol–water partition coefficient (Wildman–Crippen LogP) is 5.65. The van der Waals surface area contributed by atoms with E-state index in [0.29, 0.717) is 21.5 Å². The Hall–Kier alpha value is -1.34. The van der Waals surface area contributed by atoms with E-state index in [4.69, 9.17) is 16.6 Å². The summed E-state index contributed by atoms with van der Waals surface area (Å²) >= 11 is 10.8. The lowest BCUT2D eigenvalue weighted by Gasteiger charge is -2.17. The van der Waals surface area contributed by atoms with Crippen molar-refractivity contribution in [1.29, 1.82) is 0 Å². The molecule has 2 aromatic heterocycles. The first kappa shape index (κ1) is 18.0. The van der Waals surface area contributed by atoms with Crippen LogP contribution in [0.5, 0.6) is 0 Å². The van der Waals surface area contributed by atoms with Crippen LogP contribution >= 0.6 is 46.5 Å². The van der Waals surface area contributed by atoms with Crippen LogP contribution in [0.3, 0.4) is 0 Å². The summed E-state index contributed by atoms with van der Waals surface area (Å²) in [5.41, 5.74) is 5.52. The lowest BCUT2D eigenvalue weighted by molar-refractivity contribution is 0.102. The summed E-state index contributed by atoms with van der Waals surface area (Å²) in [6, 6.07) is 6.97. The fraction of sp³-hybridized carbons (Fsp3) is 0.211. The number of thioether (sulfide) groups is 2. The lowest BCUT2D eigenvalue weighted by Crippen LogP contribution is -2.07. The molecule has 0 radical (unpaired) electrons. The van der Waals surface area contributed by atoms with Gasteiger partial charge in [0, 0.05) is 22.3 Å². The molecule has 0 fully saturated rings. The second-order valence-corrected chi connectivity index (χ2v) is 9.21. The summed E-state index contributed by atoms with van der Waals surface area (Å²) in [4.78, 5) is 21.6. The zero-order chi connectivity index (χ0) is 18.1. The number of fused-ring (bicyclic) bond motifs is 3. The molecule has 0 unspecified atom stereocenters. The highest BCUT2D eigenvalue weighted by molar-refractivity contribution is 8.00. The van der Waals surface area contributed by atoms with Gasteiger partial charge in [0.15, 0.2) is 10.9 Å². The highest BCUT2D eigenvalue weighted by Gasteiger charge is 2.23. The molecule has 0 bridgehead atoms. The first-order valence-corrected chi connectivity index (χ1v) is 11.5. The number of hydrogen-bond acceptors (Lipinski definition) is 6. The molecule has 3 aromatic rings. The normalized spacial score (nSPS) is 12.5. The van der Waals surface area contributed by atoms with Gasteiger partial charge < -0.3 is 0 Å². The highest BCUT2D eigenvalue weighted by atomic mass is 35.5. The summed E-state index contributed by atoms with van der Waals surface area (Å²) in [6.45, 7) is 0. The molecular weight excluding hydrogens is 404 g/mol. The molecule has 0 saturated heterocycles. The maximum atomic E-state index is 12.4. The van der Waals surface area contributed by atoms with Crippen molar-refractivity contribution in [2.24, 2.45) is 0 Å². The number of carbonyl (C=O) groups excluding carboxylic acids is 1. The highest BCUT2D eigenvalue weighted by Crippen LogP contribution is 2.42. The van der Waals surface area contributed by atoms with Gasteiger partial charge in [-0.3, -0.25) is 4.79 Å². The molecule has 0 aliphatic heterocycles. The zero-order valence-corrected chi connectivity index (χ0v) is 17.2. The summed E-state index contributed by atoms with van der Waals surface area (Å²) < 4.78 is 1.30. The van der Waals surface area contributed by atoms with Gasteiger partial charge in [0.25, 0.3) is 0 Å². The molecule has 1 aromatic carbocycles. The van der Waals surface area contributed by atoms with Crippen molar-refractivity contribution in [3.05, 3.63) is 57.6 Å². The molecule has 0 amide bonds. The quantitative estimate of drug-likeness (QED) is 0.304. The lowest BCUT2D eigenvalue weighted by atomic mass is 9.93. The van der Waals surface area contributed by atoms with E-state index in [0.717, 1.165) is 18.5 Å². The van der Waals surface area contributed by atoms with Crippen LogP contribution in [0.15, 0.2) is 45.2 Å². The molecule has 3 nitrogen and oxygen atoms in total. The molecule has 0 atom stereocenters. The minimum absolute atomic E-state index is 0.0500. The molecule has 4 rings (SSSR count). The fourth-order valence-corrected chi connectivity index (χ4v) is 5.56. The average Bonchev–Trinajstić information content (AvgIpc) is 3.10. The molecule has 1 aliphatic carbocycles. The number of benzene rings is 1. The smallest absolute Gasteiger partial charge is 0.188 e. The summed E-state index contributed by atoms with van der Waals surface area (Å²) in [6.07, 6.45) is 6.04. The third-order valence-corrected chi connectivity index (χ3v) is 7.56. The maximum absolute atomic E-state index is 12.4. The van der Waals surface area contributed by atoms with Crippen LogP contribution in [-0.4, -0.2) is 27.8 Å². The predicted molar refractivity (Wildman–Crippen MR) is 111 cm³/mol. The molecule has 1 aliphatic rings. The molecule has 132 valence electrons. The average molecular weight is 419 g/mol. The van der Waals surface area contributed by atoms with Gasteiger partial charge in [0.2, 0.25) is 0 Å². The van der Waals surface area contributed by atoms with Crippen LogP contribution in [0, 0.1) is 0 Å². The Morgan fingerprint density at radius 1 is 1.23 bits per heavy atom. The van der Waals surface area contributed by atoms with Crippen molar-refractivity contribution in [2.75, 3.05) is 12.0 Å². The molecule has 7 heteroatoms. The number of aryl methyl sites for hydroxylation is 2. The van der Waals surface area contributed by atoms with Crippen LogP contribution in [0.1, 0.15) is 21.5 Å². The Morgan fingerprint density at radius 3 is 2.77 bits per heavy atom. The van der Waals surface area contributed by atoms with Gasteiger partial charge in [-0.05, 0) is 59.9 Å². The summed E-state index contributed by atoms with van der Waals surface area (Å²) in [5, 5.41) is 3.52. The van der Waals surface area contributed by atoms with Crippen molar-refractivity contribution in [3.8, 4) is 11.3 Å². The van der Waals surface area contributed by atoms with E-state index < -0.39 is 0 Å². The number of rotatable bonds is 5. The van der Waals surface area contributed by atoms with Crippen LogP contribution in [0.4, 0.5) is 0 Å². The molecule has 0 spiro atoms. The molecule has 26 heavy (non-hydrogen) atoms. The van der Waals surface area contributed by atoms with Gasteiger partial charge in [0.1, 0.15) is 0 Å². The monoisotopic (exact) mass is 418 g/mol. The van der Waals surface area contributed by atoms with E-state index in [9.17, 15) is 4.79 Å². The van der Waals surface area contributed by atoms with Gasteiger partial charge in [-0.2, -0.15) is 0 Å². The third-order valence-electron chi connectivity index (χ3n) is 4.26. The van der Waals surface area contributed by atoms with Crippen LogP contribution in [0.2, 0.25) is 5.02 Å². The first-order chi connectivity index (χ1) is 12.7. The van der Waals surface area contributed by atoms with Crippen molar-refractivity contribution >= 4 is 52.2 Å². The Bertz CT molecular complexity index is 956. The number of Topliss-reactive ketones (excluding diaryl/α,β-unsaturated/α-hetero) is 1. The van der Waals surface area contributed by atoms with E-state index in [2.05, 4.69) is 16.6 Å². The number of carbonyl (C=O) groups is 1. The fourth-order valence-electron chi connectivity index (χ4n) is 2.93. The number of thiophene rings is 1. The summed E-state index contributed by atoms with van der Waals surface area (Å²) in [5.74, 6) is 0.362. The SMILES string of the molecule is CSc1scc2c1-c1nc(SCC(=O)c3ccc(Cl)cc3)ncc1CC2. The van der Waals surface area contributed by atoms with Crippen molar-refractivity contribution in [3.63, 3.8) is 0 Å². The number of ketones is 1. The van der Waals surface area contributed by atoms with Crippen molar-refractivity contribution < 1.29 is 4.79 Å². The van der Waals surface area contributed by atoms with E-state index >= 15 is 0 Å². The van der Waals surface area contributed by atoms with E-state index in [1.54, 1.807) is 47.4 Å². The van der Waals surface area contributed by atoms with E-state index in [-0.39, 0.29) is 5.78 Å². The molecule has 0 saturated carbocycles. The van der Waals surface area contributed by atoms with Crippen molar-refractivity contribution in [1.82, 2.24) is 9.97 Å².